The Balaban J connectivity index is 1.56. The van der Waals surface area contributed by atoms with Crippen molar-refractivity contribution in [1.82, 2.24) is 4.57 Å². The predicted molar refractivity (Wildman–Crippen MR) is 186 cm³/mol. The van der Waals surface area contributed by atoms with Crippen LogP contribution in [0.4, 0.5) is 0 Å². The van der Waals surface area contributed by atoms with Gasteiger partial charge in [0, 0.05) is 0 Å². The zero-order valence-electron chi connectivity index (χ0n) is 26.3. The Morgan fingerprint density at radius 3 is 2.43 bits per heavy atom. The molecule has 12 heteroatoms. The van der Waals surface area contributed by atoms with Crippen molar-refractivity contribution in [3.8, 4) is 23.3 Å². The predicted octanol–water partition coefficient (Wildman–Crippen LogP) is 6.57. The molecule has 1 aromatic heterocycles. The molecule has 0 unspecified atom stereocenters. The van der Waals surface area contributed by atoms with Gasteiger partial charge >= 0.3 is 5.97 Å². The molecule has 47 heavy (non-hydrogen) atoms. The van der Waals surface area contributed by atoms with Gasteiger partial charge < -0.3 is 18.9 Å². The minimum Gasteiger partial charge on any atom is -0.493 e. The van der Waals surface area contributed by atoms with Crippen LogP contribution in [-0.2, 0) is 16.1 Å². The molecule has 1 aliphatic heterocycles. The Morgan fingerprint density at radius 2 is 1.81 bits per heavy atom. The lowest BCUT2D eigenvalue weighted by molar-refractivity contribution is -0.139. The Labute approximate surface area is 292 Å². The number of rotatable bonds is 10. The zero-order chi connectivity index (χ0) is 33.8. The molecule has 242 valence electrons. The maximum absolute atomic E-state index is 14.1. The van der Waals surface area contributed by atoms with Gasteiger partial charge in [-0.25, -0.2) is 9.79 Å². The summed E-state index contributed by atoms with van der Waals surface area (Å²) in [7, 11) is 1.55. The highest BCUT2D eigenvalue weighted by atomic mass is 79.9. The van der Waals surface area contributed by atoms with Crippen LogP contribution in [0.1, 0.15) is 56.0 Å². The molecule has 0 N–H and O–H groups in total. The molecule has 0 fully saturated rings. The summed E-state index contributed by atoms with van der Waals surface area (Å²) in [5, 5.41) is 9.04. The summed E-state index contributed by atoms with van der Waals surface area (Å²) in [4.78, 5) is 32.6. The molecule has 0 saturated carbocycles. The van der Waals surface area contributed by atoms with Gasteiger partial charge in [-0.2, -0.15) is 5.26 Å². The molecule has 0 bridgehead atoms. The number of allylic oxidation sites excluding steroid dienone is 1. The Morgan fingerprint density at radius 1 is 1.11 bits per heavy atom. The van der Waals surface area contributed by atoms with E-state index in [0.717, 1.165) is 11.1 Å². The molecule has 0 saturated heterocycles. The van der Waals surface area contributed by atoms with Gasteiger partial charge in [0.05, 0.1) is 62.2 Å². The molecule has 2 heterocycles. The molecule has 5 rings (SSSR count). The van der Waals surface area contributed by atoms with Gasteiger partial charge in [-0.1, -0.05) is 29.5 Å². The quantitative estimate of drug-likeness (QED) is 0.168. The van der Waals surface area contributed by atoms with E-state index in [-0.39, 0.29) is 23.8 Å². The largest absolute Gasteiger partial charge is 0.493 e. The molecule has 1 aliphatic rings. The number of halogens is 2. The van der Waals surface area contributed by atoms with Crippen LogP contribution in [0.3, 0.4) is 0 Å². The molecule has 4 aromatic rings. The Hall–Kier alpha value is -4.18. The molecule has 9 nitrogen and oxygen atoms in total. The maximum Gasteiger partial charge on any atom is 0.338 e. The number of fused-ring (bicyclic) bond motifs is 1. The standard InChI is InChI=1S/C35H31Br2N3O6S/c1-6-44-34(42)30-20(4)39-35-40(31(30)24-11-12-27(46-19(2)3)28(16-24)43-5)33(41)29(47-35)15-23-13-25(36)32(26(37)14-23)45-18-22-9-7-21(17-38)8-10-22/h7-16,19,31H,6,18H2,1-5H3/b29-15+/t31-/m0/s1. The van der Waals surface area contributed by atoms with Gasteiger partial charge in [0.15, 0.2) is 16.3 Å². The van der Waals surface area contributed by atoms with Crippen LogP contribution in [0.15, 0.2) is 84.6 Å². The highest BCUT2D eigenvalue weighted by molar-refractivity contribution is 9.11. The van der Waals surface area contributed by atoms with Crippen molar-refractivity contribution in [2.75, 3.05) is 13.7 Å². The Kier molecular flexibility index (Phi) is 10.7. The van der Waals surface area contributed by atoms with E-state index < -0.39 is 12.0 Å². The molecule has 1 atom stereocenters. The summed E-state index contributed by atoms with van der Waals surface area (Å²) in [5.74, 6) is 1.09. The van der Waals surface area contributed by atoms with Crippen LogP contribution in [0.5, 0.6) is 17.2 Å². The number of esters is 1. The van der Waals surface area contributed by atoms with Crippen molar-refractivity contribution >= 4 is 55.2 Å². The topological polar surface area (TPSA) is 112 Å². The second kappa shape index (κ2) is 14.7. The van der Waals surface area contributed by atoms with Crippen molar-refractivity contribution in [3.63, 3.8) is 0 Å². The molecule has 0 amide bonds. The van der Waals surface area contributed by atoms with E-state index in [1.165, 1.54) is 15.9 Å². The lowest BCUT2D eigenvalue weighted by atomic mass is 9.95. The third kappa shape index (κ3) is 7.38. The lowest BCUT2D eigenvalue weighted by Crippen LogP contribution is -2.40. The van der Waals surface area contributed by atoms with Crippen molar-refractivity contribution < 1.29 is 23.7 Å². The third-order valence-corrected chi connectivity index (χ3v) is 9.33. The number of ether oxygens (including phenoxy) is 4. The smallest absolute Gasteiger partial charge is 0.338 e. The summed E-state index contributed by atoms with van der Waals surface area (Å²) in [6.07, 6.45) is 1.71. The van der Waals surface area contributed by atoms with E-state index in [1.807, 2.05) is 44.2 Å². The maximum atomic E-state index is 14.1. The van der Waals surface area contributed by atoms with Crippen LogP contribution in [-0.4, -0.2) is 30.4 Å². The van der Waals surface area contributed by atoms with Crippen molar-refractivity contribution in [2.45, 2.75) is 46.4 Å². The van der Waals surface area contributed by atoms with Gasteiger partial charge in [-0.05, 0) is 119 Å². The minimum absolute atomic E-state index is 0.0760. The first-order valence-corrected chi connectivity index (χ1v) is 17.1. The van der Waals surface area contributed by atoms with Crippen molar-refractivity contribution in [2.24, 2.45) is 4.99 Å². The number of hydrogen-bond donors (Lipinski definition) is 0. The van der Waals surface area contributed by atoms with Gasteiger partial charge in [-0.3, -0.25) is 9.36 Å². The van der Waals surface area contributed by atoms with Gasteiger partial charge in [-0.15, -0.1) is 0 Å². The van der Waals surface area contributed by atoms with E-state index in [0.29, 0.717) is 59.0 Å². The highest BCUT2D eigenvalue weighted by Gasteiger charge is 2.34. The minimum atomic E-state index is -0.800. The van der Waals surface area contributed by atoms with E-state index in [2.05, 4.69) is 42.9 Å². The number of aromatic nitrogens is 1. The first kappa shape index (κ1) is 34.2. The second-order valence-electron chi connectivity index (χ2n) is 10.8. The summed E-state index contributed by atoms with van der Waals surface area (Å²) in [6, 6.07) is 17.6. The number of methoxy groups -OCH3 is 1. The monoisotopic (exact) mass is 779 g/mol. The number of nitrogens with zero attached hydrogens (tertiary/aromatic N) is 3. The fourth-order valence-electron chi connectivity index (χ4n) is 5.10. The van der Waals surface area contributed by atoms with Gasteiger partial charge in [0.25, 0.3) is 5.56 Å². The number of thiazole rings is 1. The second-order valence-corrected chi connectivity index (χ2v) is 13.5. The normalized spacial score (nSPS) is 14.4. The Bertz CT molecular complexity index is 2070. The fourth-order valence-corrected chi connectivity index (χ4v) is 7.59. The molecule has 0 aliphatic carbocycles. The van der Waals surface area contributed by atoms with Gasteiger partial charge in [0.1, 0.15) is 12.4 Å². The molecule has 3 aromatic carbocycles. The van der Waals surface area contributed by atoms with E-state index in [4.69, 9.17) is 24.2 Å². The number of carbonyl (C=O) groups is 1. The third-order valence-electron chi connectivity index (χ3n) is 7.17. The van der Waals surface area contributed by atoms with Crippen LogP contribution in [0, 0.1) is 11.3 Å². The van der Waals surface area contributed by atoms with Gasteiger partial charge in [0.2, 0.25) is 0 Å². The summed E-state index contributed by atoms with van der Waals surface area (Å²) in [6.45, 7) is 7.80. The van der Waals surface area contributed by atoms with E-state index >= 15 is 0 Å². The average molecular weight is 782 g/mol. The number of carbonyl (C=O) groups excluding carboxylic acids is 1. The summed E-state index contributed by atoms with van der Waals surface area (Å²) < 4.78 is 26.4. The molecule has 0 radical (unpaired) electrons. The average Bonchev–Trinajstić information content (AvgIpc) is 3.33. The van der Waals surface area contributed by atoms with Crippen LogP contribution in [0.25, 0.3) is 6.08 Å². The zero-order valence-corrected chi connectivity index (χ0v) is 30.3. The number of benzene rings is 3. The summed E-state index contributed by atoms with van der Waals surface area (Å²) in [5.41, 5.74) is 3.34. The van der Waals surface area contributed by atoms with Crippen LogP contribution >= 0.6 is 43.2 Å². The molecular weight excluding hydrogens is 750 g/mol. The highest BCUT2D eigenvalue weighted by Crippen LogP contribution is 2.37. The van der Waals surface area contributed by atoms with Crippen LogP contribution in [0.2, 0.25) is 0 Å². The van der Waals surface area contributed by atoms with E-state index in [9.17, 15) is 9.59 Å². The summed E-state index contributed by atoms with van der Waals surface area (Å²) >= 11 is 8.45. The fraction of sp³-hybridized carbons (Fsp3) is 0.257. The van der Waals surface area contributed by atoms with E-state index in [1.54, 1.807) is 51.3 Å². The molecule has 0 spiro atoms. The number of hydrogen-bond acceptors (Lipinski definition) is 9. The first-order chi connectivity index (χ1) is 22.5. The SMILES string of the molecule is CCOC(=O)C1=C(C)N=c2s/c(=C/c3cc(Br)c(OCc4ccc(C#N)cc4)c(Br)c3)c(=O)n2[C@H]1c1ccc(OC(C)C)c(OC)c1. The van der Waals surface area contributed by atoms with Crippen molar-refractivity contribution in [3.05, 3.63) is 117 Å². The lowest BCUT2D eigenvalue weighted by Gasteiger charge is -2.25. The first-order valence-electron chi connectivity index (χ1n) is 14.7. The molecular formula is C35H31Br2N3O6S. The van der Waals surface area contributed by atoms with Crippen molar-refractivity contribution in [1.29, 1.82) is 5.26 Å². The van der Waals surface area contributed by atoms with Crippen LogP contribution < -0.4 is 29.1 Å². The number of nitriles is 1.